The molecule has 1 amide bonds. The number of hydrogen-bond donors (Lipinski definition) is 0. The first-order valence-electron chi connectivity index (χ1n) is 11.8. The molecule has 1 unspecified atom stereocenters. The molecular weight excluding hydrogens is 484 g/mol. The first-order valence-corrected chi connectivity index (χ1v) is 13.5. The number of carbonyl (C=O) groups excluding carboxylic acids is 1. The second kappa shape index (κ2) is 9.53. The fourth-order valence-electron chi connectivity index (χ4n) is 5.44. The first kappa shape index (κ1) is 24.2. The molecule has 2 saturated heterocycles. The van der Waals surface area contributed by atoms with Crippen LogP contribution in [0.3, 0.4) is 0 Å². The van der Waals surface area contributed by atoms with Crippen LogP contribution in [0, 0.1) is 13.8 Å². The molecule has 36 heavy (non-hydrogen) atoms. The van der Waals surface area contributed by atoms with E-state index in [9.17, 15) is 13.2 Å². The van der Waals surface area contributed by atoms with Gasteiger partial charge in [0.25, 0.3) is 0 Å². The molecule has 2 bridgehead atoms. The van der Waals surface area contributed by atoms with Gasteiger partial charge in [0.1, 0.15) is 23.4 Å². The Morgan fingerprint density at radius 2 is 1.72 bits per heavy atom. The van der Waals surface area contributed by atoms with Gasteiger partial charge in [0.15, 0.2) is 15.7 Å². The highest BCUT2D eigenvalue weighted by molar-refractivity contribution is 7.90. The van der Waals surface area contributed by atoms with Crippen LogP contribution >= 0.6 is 0 Å². The quantitative estimate of drug-likeness (QED) is 0.469. The Morgan fingerprint density at radius 3 is 2.33 bits per heavy atom. The molecule has 0 saturated carbocycles. The highest BCUT2D eigenvalue weighted by Crippen LogP contribution is 2.38. The predicted octanol–water partition coefficient (Wildman–Crippen LogP) is 3.28. The molecular formula is C25H28N4O6S. The maximum atomic E-state index is 13.3. The maximum absolute atomic E-state index is 13.3. The van der Waals surface area contributed by atoms with E-state index in [2.05, 4.69) is 15.1 Å². The van der Waals surface area contributed by atoms with Crippen LogP contribution in [0.25, 0.3) is 0 Å². The number of methoxy groups -OCH3 is 1. The van der Waals surface area contributed by atoms with Crippen LogP contribution in [0.2, 0.25) is 0 Å². The molecule has 4 heterocycles. The van der Waals surface area contributed by atoms with Gasteiger partial charge in [0, 0.05) is 37.3 Å². The van der Waals surface area contributed by atoms with Crippen LogP contribution in [-0.2, 0) is 15.6 Å². The van der Waals surface area contributed by atoms with Crippen LogP contribution in [0.4, 0.5) is 0 Å². The molecule has 0 radical (unpaired) electrons. The Balaban J connectivity index is 1.28. The fraction of sp³-hybridized carbons (Fsp3) is 0.440. The number of rotatable bonds is 7. The largest absolute Gasteiger partial charge is 0.497 e. The number of aromatic nitrogens is 3. The summed E-state index contributed by atoms with van der Waals surface area (Å²) in [6.45, 7) is 3.43. The molecule has 3 atom stereocenters. The summed E-state index contributed by atoms with van der Waals surface area (Å²) in [6, 6.07) is 7.00. The normalized spacial score (nSPS) is 21.4. The highest BCUT2D eigenvalue weighted by atomic mass is 32.2. The molecule has 0 spiro atoms. The highest BCUT2D eigenvalue weighted by Gasteiger charge is 2.45. The summed E-state index contributed by atoms with van der Waals surface area (Å²) >= 11 is 0. The summed E-state index contributed by atoms with van der Waals surface area (Å²) in [6.07, 6.45) is 6.54. The van der Waals surface area contributed by atoms with E-state index in [1.165, 1.54) is 7.11 Å². The van der Waals surface area contributed by atoms with Crippen molar-refractivity contribution in [2.75, 3.05) is 7.11 Å². The number of ether oxygens (including phenoxy) is 2. The second-order valence-corrected chi connectivity index (χ2v) is 11.3. The van der Waals surface area contributed by atoms with Gasteiger partial charge >= 0.3 is 11.8 Å². The second-order valence-electron chi connectivity index (χ2n) is 9.36. The fourth-order valence-corrected chi connectivity index (χ4v) is 7.14. The van der Waals surface area contributed by atoms with Crippen molar-refractivity contribution in [3.8, 4) is 11.5 Å². The number of pyridine rings is 1. The summed E-state index contributed by atoms with van der Waals surface area (Å²) in [7, 11) is -2.24. The Morgan fingerprint density at radius 1 is 1.08 bits per heavy atom. The molecule has 2 aromatic heterocycles. The Hall–Kier alpha value is -3.47. The van der Waals surface area contributed by atoms with Crippen LogP contribution in [0.15, 0.2) is 46.1 Å². The molecule has 2 aliphatic heterocycles. The number of sulfone groups is 1. The van der Waals surface area contributed by atoms with Crippen LogP contribution < -0.4 is 9.47 Å². The Bertz CT molecular complexity index is 1340. The lowest BCUT2D eigenvalue weighted by atomic mass is 9.99. The number of hydrogen-bond acceptors (Lipinski definition) is 9. The van der Waals surface area contributed by atoms with Crippen molar-refractivity contribution in [3.05, 3.63) is 59.5 Å². The maximum Gasteiger partial charge on any atom is 0.316 e. The number of benzene rings is 1. The molecule has 2 fully saturated rings. The SMILES string of the molecule is COc1cc(C)c(S(=O)(=O)Cc2noc(C(=O)N3[C@@H]4CC[C@H]3CC(Oc3ccncc3)C4)n2)c(C)c1. The third-order valence-corrected chi connectivity index (χ3v) is 8.73. The summed E-state index contributed by atoms with van der Waals surface area (Å²) in [5.74, 6) is 0.287. The minimum Gasteiger partial charge on any atom is -0.497 e. The molecule has 0 aliphatic carbocycles. The molecule has 1 aromatic carbocycles. The van der Waals surface area contributed by atoms with Crippen molar-refractivity contribution < 1.29 is 27.2 Å². The Labute approximate surface area is 209 Å². The third kappa shape index (κ3) is 4.67. The zero-order chi connectivity index (χ0) is 25.4. The van der Waals surface area contributed by atoms with E-state index in [1.54, 1.807) is 43.3 Å². The van der Waals surface area contributed by atoms with E-state index < -0.39 is 15.6 Å². The van der Waals surface area contributed by atoms with Gasteiger partial charge < -0.3 is 18.9 Å². The number of fused-ring (bicyclic) bond motifs is 2. The number of carbonyl (C=O) groups is 1. The number of piperidine rings is 1. The van der Waals surface area contributed by atoms with E-state index in [0.717, 1.165) is 18.6 Å². The topological polar surface area (TPSA) is 125 Å². The smallest absolute Gasteiger partial charge is 0.316 e. The molecule has 10 nitrogen and oxygen atoms in total. The van der Waals surface area contributed by atoms with Gasteiger partial charge in [0.05, 0.1) is 12.0 Å². The predicted molar refractivity (Wildman–Crippen MR) is 129 cm³/mol. The zero-order valence-corrected chi connectivity index (χ0v) is 21.2. The lowest BCUT2D eigenvalue weighted by molar-refractivity contribution is 0.0320. The third-order valence-electron chi connectivity index (χ3n) is 6.83. The minimum absolute atomic E-state index is 0.00627. The molecule has 190 valence electrons. The molecule has 5 rings (SSSR count). The zero-order valence-electron chi connectivity index (χ0n) is 20.4. The first-order chi connectivity index (χ1) is 17.2. The minimum atomic E-state index is -3.77. The summed E-state index contributed by atoms with van der Waals surface area (Å²) in [5, 5.41) is 3.81. The number of nitrogens with zero attached hydrogens (tertiary/aromatic N) is 4. The van der Waals surface area contributed by atoms with E-state index in [1.807, 2.05) is 12.1 Å². The number of amides is 1. The lowest BCUT2D eigenvalue weighted by Crippen LogP contribution is -2.49. The van der Waals surface area contributed by atoms with Crippen molar-refractivity contribution in [2.24, 2.45) is 0 Å². The summed E-state index contributed by atoms with van der Waals surface area (Å²) < 4.78 is 42.8. The summed E-state index contributed by atoms with van der Waals surface area (Å²) in [5.41, 5.74) is 1.14. The van der Waals surface area contributed by atoms with Crippen LogP contribution in [0.5, 0.6) is 11.5 Å². The van der Waals surface area contributed by atoms with Gasteiger partial charge in [0.2, 0.25) is 0 Å². The van der Waals surface area contributed by atoms with Gasteiger partial charge in [-0.15, -0.1) is 0 Å². The van der Waals surface area contributed by atoms with Gasteiger partial charge in [-0.25, -0.2) is 8.42 Å². The lowest BCUT2D eigenvalue weighted by Gasteiger charge is -2.38. The Kier molecular flexibility index (Phi) is 6.42. The van der Waals surface area contributed by atoms with Crippen molar-refractivity contribution in [2.45, 2.75) is 68.4 Å². The van der Waals surface area contributed by atoms with Gasteiger partial charge in [-0.05, 0) is 62.1 Å². The van der Waals surface area contributed by atoms with Crippen molar-refractivity contribution in [1.29, 1.82) is 0 Å². The molecule has 0 N–H and O–H groups in total. The van der Waals surface area contributed by atoms with E-state index in [-0.39, 0.29) is 40.7 Å². The van der Waals surface area contributed by atoms with Gasteiger partial charge in [-0.3, -0.25) is 9.78 Å². The van der Waals surface area contributed by atoms with Crippen molar-refractivity contribution in [3.63, 3.8) is 0 Å². The van der Waals surface area contributed by atoms with Gasteiger partial charge in [-0.1, -0.05) is 5.16 Å². The van der Waals surface area contributed by atoms with Gasteiger partial charge in [-0.2, -0.15) is 4.98 Å². The average Bonchev–Trinajstić information content (AvgIpc) is 3.40. The van der Waals surface area contributed by atoms with Crippen molar-refractivity contribution in [1.82, 2.24) is 20.0 Å². The molecule has 3 aromatic rings. The van der Waals surface area contributed by atoms with Crippen molar-refractivity contribution >= 4 is 15.7 Å². The molecule has 11 heteroatoms. The van der Waals surface area contributed by atoms with Crippen LogP contribution in [-0.4, -0.2) is 59.6 Å². The molecule has 2 aliphatic rings. The van der Waals surface area contributed by atoms with E-state index in [4.69, 9.17) is 14.0 Å². The summed E-state index contributed by atoms with van der Waals surface area (Å²) in [4.78, 5) is 23.4. The number of aryl methyl sites for hydroxylation is 2. The van der Waals surface area contributed by atoms with Crippen LogP contribution in [0.1, 0.15) is 53.3 Å². The average molecular weight is 513 g/mol. The van der Waals surface area contributed by atoms with E-state index >= 15 is 0 Å². The standard InChI is InChI=1S/C25H28N4O6S/c1-15-10-20(33-3)11-16(2)23(15)36(31,32)14-22-27-24(35-28-22)25(30)29-17-4-5-18(29)13-21(12-17)34-19-6-8-26-9-7-19/h6-11,17-18,21H,4-5,12-14H2,1-3H3/t17-,18+,21?. The monoisotopic (exact) mass is 512 g/mol. The van der Waals surface area contributed by atoms with E-state index in [0.29, 0.717) is 29.7 Å².